The van der Waals surface area contributed by atoms with E-state index >= 15 is 0 Å². The van der Waals surface area contributed by atoms with Crippen molar-refractivity contribution < 1.29 is 4.79 Å². The molecule has 0 aliphatic carbocycles. The second-order valence-corrected chi connectivity index (χ2v) is 4.09. The Hall–Kier alpha value is -0.770. The summed E-state index contributed by atoms with van der Waals surface area (Å²) in [6.45, 7) is 4.18. The Balaban J connectivity index is 2.92. The molecule has 4 heteroatoms. The molecule has 1 rings (SSSR count). The zero-order valence-electron chi connectivity index (χ0n) is 7.62. The van der Waals surface area contributed by atoms with Gasteiger partial charge in [-0.1, -0.05) is 13.8 Å². The quantitative estimate of drug-likeness (QED) is 0.764. The summed E-state index contributed by atoms with van der Waals surface area (Å²) < 4.78 is 0.648. The van der Waals surface area contributed by atoms with Gasteiger partial charge in [-0.15, -0.1) is 0 Å². The normalized spacial score (nSPS) is 10.5. The van der Waals surface area contributed by atoms with Crippen LogP contribution in [0.5, 0.6) is 0 Å². The molecule has 0 aromatic carbocycles. The van der Waals surface area contributed by atoms with Crippen LogP contribution in [0, 0.1) is 5.92 Å². The smallest absolute Gasteiger partial charge is 0.169 e. The molecule has 0 bridgehead atoms. The monoisotopic (exact) mass is 242 g/mol. The Morgan fingerprint density at radius 3 is 2.85 bits per heavy atom. The molecule has 0 fully saturated rings. The fraction of sp³-hybridized carbons (Fsp3) is 0.444. The van der Waals surface area contributed by atoms with E-state index in [0.29, 0.717) is 16.1 Å². The van der Waals surface area contributed by atoms with Crippen molar-refractivity contribution in [1.29, 1.82) is 0 Å². The Morgan fingerprint density at radius 2 is 2.31 bits per heavy atom. The van der Waals surface area contributed by atoms with Gasteiger partial charge >= 0.3 is 0 Å². The number of hydrogen-bond donors (Lipinski definition) is 0. The van der Waals surface area contributed by atoms with Gasteiger partial charge in [-0.3, -0.25) is 4.79 Å². The Morgan fingerprint density at radius 1 is 1.62 bits per heavy atom. The van der Waals surface area contributed by atoms with Gasteiger partial charge < -0.3 is 0 Å². The topological polar surface area (TPSA) is 42.9 Å². The molecule has 0 spiro atoms. The van der Waals surface area contributed by atoms with E-state index in [2.05, 4.69) is 39.7 Å². The second-order valence-electron chi connectivity index (χ2n) is 3.24. The maximum atomic E-state index is 10.5. The van der Waals surface area contributed by atoms with Crippen molar-refractivity contribution in [3.8, 4) is 0 Å². The number of hydrogen-bond acceptors (Lipinski definition) is 3. The zero-order valence-corrected chi connectivity index (χ0v) is 9.21. The predicted molar refractivity (Wildman–Crippen MR) is 53.7 cm³/mol. The van der Waals surface area contributed by atoms with Gasteiger partial charge in [0.15, 0.2) is 6.29 Å². The van der Waals surface area contributed by atoms with Crippen molar-refractivity contribution in [2.24, 2.45) is 5.92 Å². The molecule has 0 aliphatic rings. The summed E-state index contributed by atoms with van der Waals surface area (Å²) in [5.41, 5.74) is 0.422. The molecule has 70 valence electrons. The first-order valence-corrected chi connectivity index (χ1v) is 4.89. The van der Waals surface area contributed by atoms with E-state index in [1.807, 2.05) is 0 Å². The van der Waals surface area contributed by atoms with Crippen molar-refractivity contribution in [3.63, 3.8) is 0 Å². The third-order valence-corrected chi connectivity index (χ3v) is 2.13. The number of carbonyl (C=O) groups excluding carboxylic acids is 1. The number of nitrogens with zero attached hydrogens (tertiary/aromatic N) is 2. The lowest BCUT2D eigenvalue weighted by Gasteiger charge is -2.03. The maximum absolute atomic E-state index is 10.5. The lowest BCUT2D eigenvalue weighted by atomic mass is 10.1. The van der Waals surface area contributed by atoms with Crippen LogP contribution in [0.1, 0.15) is 30.2 Å². The first-order valence-electron chi connectivity index (χ1n) is 4.10. The summed E-state index contributed by atoms with van der Waals surface area (Å²) >= 11 is 3.20. The highest BCUT2D eigenvalue weighted by Crippen LogP contribution is 2.12. The minimum Gasteiger partial charge on any atom is -0.296 e. The highest BCUT2D eigenvalue weighted by molar-refractivity contribution is 9.10. The molecule has 1 aromatic rings. The number of carbonyl (C=O) groups is 1. The van der Waals surface area contributed by atoms with Crippen molar-refractivity contribution in [1.82, 2.24) is 9.97 Å². The molecule has 0 N–H and O–H groups in total. The standard InChI is InChI=1S/C9H11BrN2O/c1-6(2)3-9-11-4-7(10)8(5-13)12-9/h4-6H,3H2,1-2H3. The van der Waals surface area contributed by atoms with Crippen LogP contribution in [0.4, 0.5) is 0 Å². The molecule has 1 heterocycles. The van der Waals surface area contributed by atoms with Crippen LogP contribution in [-0.4, -0.2) is 16.3 Å². The fourth-order valence-corrected chi connectivity index (χ4v) is 1.25. The molecule has 0 amide bonds. The molecule has 13 heavy (non-hydrogen) atoms. The molecule has 0 saturated carbocycles. The van der Waals surface area contributed by atoms with Crippen molar-refractivity contribution in [2.75, 3.05) is 0 Å². The first kappa shape index (κ1) is 10.3. The zero-order chi connectivity index (χ0) is 9.84. The summed E-state index contributed by atoms with van der Waals surface area (Å²) in [5, 5.41) is 0. The second kappa shape index (κ2) is 4.46. The van der Waals surface area contributed by atoms with Crippen LogP contribution in [0.3, 0.4) is 0 Å². The predicted octanol–water partition coefficient (Wildman–Crippen LogP) is 2.25. The molecular weight excluding hydrogens is 232 g/mol. The molecule has 0 unspecified atom stereocenters. The van der Waals surface area contributed by atoms with Crippen molar-refractivity contribution in [3.05, 3.63) is 22.2 Å². The SMILES string of the molecule is CC(C)Cc1ncc(Br)c(C=O)n1. The van der Waals surface area contributed by atoms with Gasteiger partial charge in [-0.2, -0.15) is 0 Å². The summed E-state index contributed by atoms with van der Waals surface area (Å²) in [4.78, 5) is 18.8. The number of rotatable bonds is 3. The van der Waals surface area contributed by atoms with E-state index in [-0.39, 0.29) is 0 Å². The highest BCUT2D eigenvalue weighted by atomic mass is 79.9. The average Bonchev–Trinajstić information content (AvgIpc) is 2.07. The largest absolute Gasteiger partial charge is 0.296 e. The van der Waals surface area contributed by atoms with Crippen LogP contribution in [0.2, 0.25) is 0 Å². The molecule has 0 saturated heterocycles. The van der Waals surface area contributed by atoms with Crippen molar-refractivity contribution in [2.45, 2.75) is 20.3 Å². The lowest BCUT2D eigenvalue weighted by Crippen LogP contribution is -2.03. The molecule has 0 atom stereocenters. The number of halogens is 1. The summed E-state index contributed by atoms with van der Waals surface area (Å²) in [7, 11) is 0. The third kappa shape index (κ3) is 2.88. The summed E-state index contributed by atoms with van der Waals surface area (Å²) in [6.07, 6.45) is 3.15. The number of aldehydes is 1. The van der Waals surface area contributed by atoms with Gasteiger partial charge in [-0.25, -0.2) is 9.97 Å². The third-order valence-electron chi connectivity index (χ3n) is 1.52. The minimum atomic E-state index is 0.422. The number of aromatic nitrogens is 2. The van der Waals surface area contributed by atoms with E-state index in [1.54, 1.807) is 6.20 Å². The van der Waals surface area contributed by atoms with Gasteiger partial charge in [0, 0.05) is 12.6 Å². The summed E-state index contributed by atoms with van der Waals surface area (Å²) in [5.74, 6) is 1.22. The van der Waals surface area contributed by atoms with Crippen LogP contribution >= 0.6 is 15.9 Å². The van der Waals surface area contributed by atoms with E-state index in [4.69, 9.17) is 0 Å². The molecular formula is C9H11BrN2O. The minimum absolute atomic E-state index is 0.422. The molecule has 1 aromatic heterocycles. The fourth-order valence-electron chi connectivity index (χ4n) is 0.965. The summed E-state index contributed by atoms with van der Waals surface area (Å²) in [6, 6.07) is 0. The van der Waals surface area contributed by atoms with Crippen LogP contribution in [0.25, 0.3) is 0 Å². The van der Waals surface area contributed by atoms with Crippen LogP contribution in [-0.2, 0) is 6.42 Å². The van der Waals surface area contributed by atoms with Crippen LogP contribution < -0.4 is 0 Å². The first-order chi connectivity index (χ1) is 6.13. The van der Waals surface area contributed by atoms with Gasteiger partial charge in [0.05, 0.1) is 4.47 Å². The Kier molecular flexibility index (Phi) is 3.54. The van der Waals surface area contributed by atoms with Crippen molar-refractivity contribution >= 4 is 22.2 Å². The Labute approximate surface area is 85.7 Å². The Bertz CT molecular complexity index is 312. The average molecular weight is 243 g/mol. The van der Waals surface area contributed by atoms with Gasteiger partial charge in [0.1, 0.15) is 11.5 Å². The van der Waals surface area contributed by atoms with Gasteiger partial charge in [-0.05, 0) is 21.8 Å². The van der Waals surface area contributed by atoms with E-state index < -0.39 is 0 Å². The van der Waals surface area contributed by atoms with Crippen LogP contribution in [0.15, 0.2) is 10.7 Å². The molecule has 3 nitrogen and oxygen atoms in total. The molecule has 0 aliphatic heterocycles. The molecule has 0 radical (unpaired) electrons. The van der Waals surface area contributed by atoms with E-state index in [9.17, 15) is 4.79 Å². The maximum Gasteiger partial charge on any atom is 0.169 e. The lowest BCUT2D eigenvalue weighted by molar-refractivity contribution is 0.111. The highest BCUT2D eigenvalue weighted by Gasteiger charge is 2.05. The van der Waals surface area contributed by atoms with E-state index in [1.165, 1.54) is 0 Å². The van der Waals surface area contributed by atoms with E-state index in [0.717, 1.165) is 18.5 Å². The van der Waals surface area contributed by atoms with Gasteiger partial charge in [0.2, 0.25) is 0 Å². The van der Waals surface area contributed by atoms with Gasteiger partial charge in [0.25, 0.3) is 0 Å².